The fourth-order valence-electron chi connectivity index (χ4n) is 2.10. The molecule has 0 spiro atoms. The van der Waals surface area contributed by atoms with Crippen LogP contribution >= 0.6 is 0 Å². The summed E-state index contributed by atoms with van der Waals surface area (Å²) in [5.41, 5.74) is 1.18. The Kier molecular flexibility index (Phi) is 5.71. The quantitative estimate of drug-likeness (QED) is 0.810. The predicted molar refractivity (Wildman–Crippen MR) is 69.3 cm³/mol. The highest BCUT2D eigenvalue weighted by molar-refractivity contribution is 5.11. The van der Waals surface area contributed by atoms with Gasteiger partial charge in [0, 0.05) is 25.3 Å². The molecule has 1 aromatic rings. The summed E-state index contributed by atoms with van der Waals surface area (Å²) in [6.07, 6.45) is 4.03. The Labute approximate surface area is 109 Å². The van der Waals surface area contributed by atoms with Crippen molar-refractivity contribution >= 4 is 0 Å². The summed E-state index contributed by atoms with van der Waals surface area (Å²) in [6.45, 7) is 7.07. The molecule has 1 aliphatic heterocycles. The van der Waals surface area contributed by atoms with E-state index in [4.69, 9.17) is 13.9 Å². The minimum absolute atomic E-state index is 0.573. The zero-order valence-corrected chi connectivity index (χ0v) is 11.1. The Balaban J connectivity index is 1.64. The highest BCUT2D eigenvalue weighted by Gasteiger charge is 2.14. The SMILES string of the molecule is CCNCc1coc(COCC2CCOCC2)c1. The van der Waals surface area contributed by atoms with Crippen LogP contribution in [-0.2, 0) is 22.6 Å². The molecule has 102 valence electrons. The largest absolute Gasteiger partial charge is 0.467 e. The van der Waals surface area contributed by atoms with Gasteiger partial charge < -0.3 is 19.2 Å². The van der Waals surface area contributed by atoms with Gasteiger partial charge in [-0.2, -0.15) is 0 Å². The van der Waals surface area contributed by atoms with Gasteiger partial charge in [-0.3, -0.25) is 0 Å². The van der Waals surface area contributed by atoms with Gasteiger partial charge in [0.15, 0.2) is 0 Å². The van der Waals surface area contributed by atoms with E-state index in [-0.39, 0.29) is 0 Å². The number of ether oxygens (including phenoxy) is 2. The molecule has 0 radical (unpaired) electrons. The van der Waals surface area contributed by atoms with E-state index in [0.29, 0.717) is 12.5 Å². The lowest BCUT2D eigenvalue weighted by atomic mass is 10.0. The van der Waals surface area contributed by atoms with Gasteiger partial charge in [0.1, 0.15) is 12.4 Å². The fourth-order valence-corrected chi connectivity index (χ4v) is 2.10. The average molecular weight is 253 g/mol. The first-order valence-corrected chi connectivity index (χ1v) is 6.81. The minimum atomic E-state index is 0.573. The molecule has 0 amide bonds. The van der Waals surface area contributed by atoms with Gasteiger partial charge in [-0.1, -0.05) is 6.92 Å². The zero-order chi connectivity index (χ0) is 12.6. The topological polar surface area (TPSA) is 43.6 Å². The van der Waals surface area contributed by atoms with E-state index in [2.05, 4.69) is 18.3 Å². The van der Waals surface area contributed by atoms with E-state index in [1.807, 2.05) is 0 Å². The number of hydrogen-bond donors (Lipinski definition) is 1. The Morgan fingerprint density at radius 3 is 3.00 bits per heavy atom. The summed E-state index contributed by atoms with van der Waals surface area (Å²) in [4.78, 5) is 0. The molecule has 0 aromatic carbocycles. The number of nitrogens with one attached hydrogen (secondary N) is 1. The number of rotatable bonds is 7. The normalized spacial score (nSPS) is 17.2. The van der Waals surface area contributed by atoms with Crippen molar-refractivity contribution in [3.63, 3.8) is 0 Å². The van der Waals surface area contributed by atoms with Crippen LogP contribution in [0.1, 0.15) is 31.1 Å². The number of furan rings is 1. The van der Waals surface area contributed by atoms with E-state index in [0.717, 1.165) is 51.5 Å². The molecule has 1 saturated heterocycles. The van der Waals surface area contributed by atoms with Crippen molar-refractivity contribution in [3.8, 4) is 0 Å². The third-order valence-corrected chi connectivity index (χ3v) is 3.23. The van der Waals surface area contributed by atoms with Crippen molar-refractivity contribution in [2.45, 2.75) is 32.9 Å². The van der Waals surface area contributed by atoms with E-state index < -0.39 is 0 Å². The summed E-state index contributed by atoms with van der Waals surface area (Å²) >= 11 is 0. The molecule has 1 N–H and O–H groups in total. The van der Waals surface area contributed by atoms with Crippen molar-refractivity contribution in [1.82, 2.24) is 5.32 Å². The van der Waals surface area contributed by atoms with Crippen LogP contribution in [0.15, 0.2) is 16.7 Å². The summed E-state index contributed by atoms with van der Waals surface area (Å²) in [6, 6.07) is 2.06. The lowest BCUT2D eigenvalue weighted by Gasteiger charge is -2.21. The van der Waals surface area contributed by atoms with Crippen LogP contribution in [0.25, 0.3) is 0 Å². The van der Waals surface area contributed by atoms with Crippen molar-refractivity contribution in [3.05, 3.63) is 23.7 Å². The molecule has 4 heteroatoms. The molecule has 1 aromatic heterocycles. The van der Waals surface area contributed by atoms with E-state index in [9.17, 15) is 0 Å². The summed E-state index contributed by atoms with van der Waals surface area (Å²) < 4.78 is 16.5. The van der Waals surface area contributed by atoms with Gasteiger partial charge in [0.05, 0.1) is 12.9 Å². The van der Waals surface area contributed by atoms with Crippen molar-refractivity contribution in [1.29, 1.82) is 0 Å². The highest BCUT2D eigenvalue weighted by Crippen LogP contribution is 2.16. The summed E-state index contributed by atoms with van der Waals surface area (Å²) in [5, 5.41) is 3.27. The molecule has 1 aliphatic rings. The van der Waals surface area contributed by atoms with E-state index in [1.54, 1.807) is 6.26 Å². The Bertz CT molecular complexity index is 332. The van der Waals surface area contributed by atoms with Crippen LogP contribution in [-0.4, -0.2) is 26.4 Å². The van der Waals surface area contributed by atoms with Crippen LogP contribution in [0.5, 0.6) is 0 Å². The maximum atomic E-state index is 5.71. The first-order valence-electron chi connectivity index (χ1n) is 6.81. The highest BCUT2D eigenvalue weighted by atomic mass is 16.5. The third-order valence-electron chi connectivity index (χ3n) is 3.23. The van der Waals surface area contributed by atoms with Crippen molar-refractivity contribution in [2.75, 3.05) is 26.4 Å². The smallest absolute Gasteiger partial charge is 0.129 e. The number of hydrogen-bond acceptors (Lipinski definition) is 4. The second kappa shape index (κ2) is 7.56. The molecule has 18 heavy (non-hydrogen) atoms. The third kappa shape index (κ3) is 4.44. The second-order valence-corrected chi connectivity index (χ2v) is 4.77. The van der Waals surface area contributed by atoms with Crippen LogP contribution in [0.4, 0.5) is 0 Å². The van der Waals surface area contributed by atoms with Gasteiger partial charge in [0.25, 0.3) is 0 Å². The predicted octanol–water partition coefficient (Wildman–Crippen LogP) is 2.33. The van der Waals surface area contributed by atoms with Gasteiger partial charge in [-0.15, -0.1) is 0 Å². The van der Waals surface area contributed by atoms with Crippen molar-refractivity contribution < 1.29 is 13.9 Å². The Morgan fingerprint density at radius 1 is 1.39 bits per heavy atom. The molecule has 0 unspecified atom stereocenters. The monoisotopic (exact) mass is 253 g/mol. The zero-order valence-electron chi connectivity index (χ0n) is 11.1. The minimum Gasteiger partial charge on any atom is -0.467 e. The summed E-state index contributed by atoms with van der Waals surface area (Å²) in [5.74, 6) is 1.56. The Hall–Kier alpha value is -0.840. The fraction of sp³-hybridized carbons (Fsp3) is 0.714. The molecule has 0 atom stereocenters. The summed E-state index contributed by atoms with van der Waals surface area (Å²) in [7, 11) is 0. The molecular weight excluding hydrogens is 230 g/mol. The van der Waals surface area contributed by atoms with E-state index >= 15 is 0 Å². The maximum Gasteiger partial charge on any atom is 0.129 e. The van der Waals surface area contributed by atoms with Crippen LogP contribution in [0, 0.1) is 5.92 Å². The molecule has 2 rings (SSSR count). The van der Waals surface area contributed by atoms with Gasteiger partial charge in [-0.05, 0) is 31.4 Å². The standard InChI is InChI=1S/C14H23NO3/c1-2-15-8-13-7-14(18-10-13)11-17-9-12-3-5-16-6-4-12/h7,10,12,15H,2-6,8-9,11H2,1H3. The maximum absolute atomic E-state index is 5.71. The molecule has 0 bridgehead atoms. The molecule has 0 aliphatic carbocycles. The lowest BCUT2D eigenvalue weighted by Crippen LogP contribution is -2.20. The molecule has 1 fully saturated rings. The molecule has 4 nitrogen and oxygen atoms in total. The van der Waals surface area contributed by atoms with Gasteiger partial charge in [0.2, 0.25) is 0 Å². The van der Waals surface area contributed by atoms with Gasteiger partial charge in [-0.25, -0.2) is 0 Å². The molecule has 2 heterocycles. The van der Waals surface area contributed by atoms with Crippen LogP contribution in [0.3, 0.4) is 0 Å². The second-order valence-electron chi connectivity index (χ2n) is 4.77. The van der Waals surface area contributed by atoms with Crippen molar-refractivity contribution in [2.24, 2.45) is 5.92 Å². The van der Waals surface area contributed by atoms with E-state index in [1.165, 1.54) is 5.56 Å². The molecule has 0 saturated carbocycles. The van der Waals surface area contributed by atoms with Crippen LogP contribution < -0.4 is 5.32 Å². The van der Waals surface area contributed by atoms with Crippen LogP contribution in [0.2, 0.25) is 0 Å². The average Bonchev–Trinajstić information content (AvgIpc) is 2.85. The Morgan fingerprint density at radius 2 is 2.22 bits per heavy atom. The lowest BCUT2D eigenvalue weighted by molar-refractivity contribution is 0.0120. The molecular formula is C14H23NO3. The first-order chi connectivity index (χ1) is 8.88. The first kappa shape index (κ1) is 13.6. The van der Waals surface area contributed by atoms with Gasteiger partial charge >= 0.3 is 0 Å².